The summed E-state index contributed by atoms with van der Waals surface area (Å²) in [5.41, 5.74) is 2.83. The number of hydrogen-bond donors (Lipinski definition) is 1. The van der Waals surface area contributed by atoms with Gasteiger partial charge < -0.3 is 10.0 Å². The fourth-order valence-electron chi connectivity index (χ4n) is 4.01. The lowest BCUT2D eigenvalue weighted by Gasteiger charge is -2.23. The summed E-state index contributed by atoms with van der Waals surface area (Å²) in [5, 5.41) is 11.5. The molecule has 1 atom stereocenters. The molecule has 31 heavy (non-hydrogen) atoms. The van der Waals surface area contributed by atoms with Gasteiger partial charge in [0.25, 0.3) is 5.91 Å². The summed E-state index contributed by atoms with van der Waals surface area (Å²) >= 11 is 6.79. The van der Waals surface area contributed by atoms with Crippen molar-refractivity contribution in [3.05, 3.63) is 97.4 Å². The highest BCUT2D eigenvalue weighted by Gasteiger charge is 2.51. The first-order chi connectivity index (χ1) is 14.7. The summed E-state index contributed by atoms with van der Waals surface area (Å²) in [6.45, 7) is 4.36. The molecule has 0 saturated heterocycles. The highest BCUT2D eigenvalue weighted by atomic mass is 79.9. The summed E-state index contributed by atoms with van der Waals surface area (Å²) in [6.07, 6.45) is -0.319. The zero-order valence-corrected chi connectivity index (χ0v) is 20.3. The van der Waals surface area contributed by atoms with Gasteiger partial charge in [-0.3, -0.25) is 9.59 Å². The number of amides is 1. The van der Waals surface area contributed by atoms with E-state index >= 15 is 0 Å². The number of aliphatic hydroxyl groups is 1. The minimum absolute atomic E-state index is 0.289. The van der Waals surface area contributed by atoms with Crippen molar-refractivity contribution in [2.24, 2.45) is 0 Å². The highest BCUT2D eigenvalue weighted by molar-refractivity contribution is 9.10. The molecule has 4 rings (SSSR count). The third kappa shape index (κ3) is 4.12. The second-order valence-electron chi connectivity index (χ2n) is 7.95. The highest BCUT2D eigenvalue weighted by Crippen LogP contribution is 2.45. The Hall–Kier alpha value is -2.28. The maximum atomic E-state index is 13.5. The molecule has 1 N–H and O–H groups in total. The molecule has 4 nitrogen and oxygen atoms in total. The summed E-state index contributed by atoms with van der Waals surface area (Å²) < 4.78 is 1.59. The molecule has 3 aromatic rings. The maximum Gasteiger partial charge on any atom is 0.264 e. The lowest BCUT2D eigenvalue weighted by molar-refractivity contribution is -0.136. The summed E-state index contributed by atoms with van der Waals surface area (Å²) in [6, 6.07) is 18.4. The zero-order valence-electron chi connectivity index (χ0n) is 17.2. The number of ketones is 1. The van der Waals surface area contributed by atoms with Crippen molar-refractivity contribution >= 4 is 49.2 Å². The number of Topliss-reactive ketones (excluding diaryl/α,β-unsaturated/α-hetero) is 1. The SMILES string of the molecule is Cc1ccc(CN2C(=O)C(O)(CC(=O)c3ccc(Br)cc3)c3cc(Br)ccc32)c(C)c1. The molecule has 3 aromatic carbocycles. The molecule has 1 unspecified atom stereocenters. The number of nitrogens with zero attached hydrogens (tertiary/aromatic N) is 1. The van der Waals surface area contributed by atoms with Crippen LogP contribution >= 0.6 is 31.9 Å². The molecule has 1 aliphatic rings. The minimum Gasteiger partial charge on any atom is -0.375 e. The van der Waals surface area contributed by atoms with Gasteiger partial charge in [-0.1, -0.05) is 67.8 Å². The Kier molecular flexibility index (Phi) is 5.90. The number of fused-ring (bicyclic) bond motifs is 1. The summed E-state index contributed by atoms with van der Waals surface area (Å²) in [4.78, 5) is 28.0. The van der Waals surface area contributed by atoms with Gasteiger partial charge in [-0.15, -0.1) is 0 Å². The van der Waals surface area contributed by atoms with Gasteiger partial charge >= 0.3 is 0 Å². The van der Waals surface area contributed by atoms with Gasteiger partial charge in [0.15, 0.2) is 11.4 Å². The quantitative estimate of drug-likeness (QED) is 0.412. The van der Waals surface area contributed by atoms with E-state index in [2.05, 4.69) is 37.9 Å². The van der Waals surface area contributed by atoms with Crippen LogP contribution in [0.5, 0.6) is 0 Å². The van der Waals surface area contributed by atoms with Crippen molar-refractivity contribution in [2.45, 2.75) is 32.4 Å². The van der Waals surface area contributed by atoms with Crippen molar-refractivity contribution in [1.82, 2.24) is 0 Å². The third-order valence-corrected chi connectivity index (χ3v) is 6.72. The first-order valence-corrected chi connectivity index (χ1v) is 11.5. The molecule has 0 spiro atoms. The lowest BCUT2D eigenvalue weighted by Crippen LogP contribution is -2.41. The monoisotopic (exact) mass is 541 g/mol. The smallest absolute Gasteiger partial charge is 0.264 e. The molecule has 0 saturated carbocycles. The van der Waals surface area contributed by atoms with Crippen molar-refractivity contribution < 1.29 is 14.7 Å². The average molecular weight is 543 g/mol. The van der Waals surface area contributed by atoms with Crippen LogP contribution < -0.4 is 4.90 Å². The third-order valence-electron chi connectivity index (χ3n) is 5.70. The molecule has 1 heterocycles. The van der Waals surface area contributed by atoms with Gasteiger partial charge in [0, 0.05) is 20.1 Å². The van der Waals surface area contributed by atoms with E-state index in [0.29, 0.717) is 23.4 Å². The number of aryl methyl sites for hydroxylation is 2. The van der Waals surface area contributed by atoms with Crippen LogP contribution in [0.25, 0.3) is 0 Å². The molecule has 1 aliphatic heterocycles. The van der Waals surface area contributed by atoms with E-state index in [0.717, 1.165) is 25.6 Å². The summed E-state index contributed by atoms with van der Waals surface area (Å²) in [7, 11) is 0. The number of rotatable bonds is 5. The molecular formula is C25H21Br2NO3. The normalized spacial score (nSPS) is 17.7. The van der Waals surface area contributed by atoms with Gasteiger partial charge in [-0.2, -0.15) is 0 Å². The van der Waals surface area contributed by atoms with Gasteiger partial charge in [-0.25, -0.2) is 0 Å². The molecule has 0 aromatic heterocycles. The van der Waals surface area contributed by atoms with Crippen LogP contribution in [0.3, 0.4) is 0 Å². The van der Waals surface area contributed by atoms with E-state index in [1.165, 1.54) is 0 Å². The van der Waals surface area contributed by atoms with Crippen molar-refractivity contribution in [3.8, 4) is 0 Å². The van der Waals surface area contributed by atoms with Gasteiger partial charge in [0.05, 0.1) is 18.7 Å². The first-order valence-electron chi connectivity index (χ1n) is 9.88. The van der Waals surface area contributed by atoms with Gasteiger partial charge in [0.2, 0.25) is 0 Å². The number of hydrogen-bond acceptors (Lipinski definition) is 3. The van der Waals surface area contributed by atoms with E-state index < -0.39 is 11.5 Å². The summed E-state index contributed by atoms with van der Waals surface area (Å²) in [5.74, 6) is -0.770. The molecular weight excluding hydrogens is 522 g/mol. The predicted molar refractivity (Wildman–Crippen MR) is 128 cm³/mol. The number of carbonyl (C=O) groups is 2. The van der Waals surface area contributed by atoms with Crippen LogP contribution in [-0.4, -0.2) is 16.8 Å². The van der Waals surface area contributed by atoms with Crippen LogP contribution in [-0.2, 0) is 16.9 Å². The average Bonchev–Trinajstić information content (AvgIpc) is 2.92. The van der Waals surface area contributed by atoms with Crippen LogP contribution in [0.15, 0.2) is 69.6 Å². The van der Waals surface area contributed by atoms with Crippen molar-refractivity contribution in [2.75, 3.05) is 4.90 Å². The Bertz CT molecular complexity index is 1190. The molecule has 0 aliphatic carbocycles. The maximum absolute atomic E-state index is 13.5. The fraction of sp³-hybridized carbons (Fsp3) is 0.200. The van der Waals surface area contributed by atoms with Gasteiger partial charge in [-0.05, 0) is 55.3 Å². The fourth-order valence-corrected chi connectivity index (χ4v) is 4.64. The van der Waals surface area contributed by atoms with Crippen LogP contribution in [0, 0.1) is 13.8 Å². The predicted octanol–water partition coefficient (Wildman–Crippen LogP) is 5.84. The van der Waals surface area contributed by atoms with Crippen LogP contribution in [0.1, 0.15) is 39.0 Å². The molecule has 0 bridgehead atoms. The minimum atomic E-state index is -1.91. The number of benzene rings is 3. The van der Waals surface area contributed by atoms with Gasteiger partial charge in [0.1, 0.15) is 0 Å². The van der Waals surface area contributed by atoms with E-state index in [4.69, 9.17) is 0 Å². The van der Waals surface area contributed by atoms with E-state index in [1.807, 2.05) is 38.1 Å². The molecule has 0 fully saturated rings. The van der Waals surface area contributed by atoms with Crippen molar-refractivity contribution in [3.63, 3.8) is 0 Å². The topological polar surface area (TPSA) is 57.6 Å². The van der Waals surface area contributed by atoms with Crippen LogP contribution in [0.2, 0.25) is 0 Å². The largest absolute Gasteiger partial charge is 0.375 e. The number of carbonyl (C=O) groups excluding carboxylic acids is 2. The van der Waals surface area contributed by atoms with E-state index in [1.54, 1.807) is 35.2 Å². The molecule has 1 amide bonds. The zero-order chi connectivity index (χ0) is 22.3. The second kappa shape index (κ2) is 8.34. The van der Waals surface area contributed by atoms with Crippen LogP contribution in [0.4, 0.5) is 5.69 Å². The Morgan fingerprint density at radius 2 is 1.65 bits per heavy atom. The number of anilines is 1. The van der Waals surface area contributed by atoms with Crippen molar-refractivity contribution in [1.29, 1.82) is 0 Å². The van der Waals surface area contributed by atoms with E-state index in [-0.39, 0.29) is 12.2 Å². The second-order valence-corrected chi connectivity index (χ2v) is 9.78. The first kappa shape index (κ1) is 21.9. The van der Waals surface area contributed by atoms with E-state index in [9.17, 15) is 14.7 Å². The Balaban J connectivity index is 1.71. The standard InChI is InChI=1S/C25H21Br2NO3/c1-15-3-4-18(16(2)11-15)14-28-22-10-9-20(27)12-21(22)25(31,24(28)30)13-23(29)17-5-7-19(26)8-6-17/h3-12,31H,13-14H2,1-2H3. The Morgan fingerprint density at radius 1 is 0.968 bits per heavy atom. The molecule has 0 radical (unpaired) electrons. The number of halogens is 2. The lowest BCUT2D eigenvalue weighted by atomic mass is 9.88. The Labute approximate surface area is 198 Å². The molecule has 6 heteroatoms. The Morgan fingerprint density at radius 3 is 2.32 bits per heavy atom. The molecule has 158 valence electrons.